The number of amides is 2. The number of benzene rings is 2. The molecule has 0 aromatic heterocycles. The Balaban J connectivity index is 1.86. The van der Waals surface area contributed by atoms with Gasteiger partial charge in [0.25, 0.3) is 17.5 Å². The molecule has 9 nitrogen and oxygen atoms in total. The number of rotatable bonds is 7. The number of nitrogens with one attached hydrogen (secondary N) is 2. The van der Waals surface area contributed by atoms with Gasteiger partial charge in [0.1, 0.15) is 11.9 Å². The van der Waals surface area contributed by atoms with Gasteiger partial charge in [-0.25, -0.2) is 9.18 Å². The number of carbonyl (C=O) groups is 3. The minimum absolute atomic E-state index is 0.00946. The Kier molecular flexibility index (Phi) is 7.21. The van der Waals surface area contributed by atoms with Crippen molar-refractivity contribution in [2.75, 3.05) is 11.9 Å². The van der Waals surface area contributed by atoms with Gasteiger partial charge < -0.3 is 15.4 Å². The summed E-state index contributed by atoms with van der Waals surface area (Å²) in [5.41, 5.74) is -0.0697. The number of hydrogen-bond acceptors (Lipinski definition) is 6. The Morgan fingerprint density at radius 3 is 2.62 bits per heavy atom. The van der Waals surface area contributed by atoms with Gasteiger partial charge in [0, 0.05) is 23.4 Å². The smallest absolute Gasteiger partial charge is 0.328 e. The normalized spacial score (nSPS) is 11.3. The molecule has 0 heterocycles. The summed E-state index contributed by atoms with van der Waals surface area (Å²) in [7, 11) is 0. The minimum Gasteiger partial charge on any atom is -0.454 e. The lowest BCUT2D eigenvalue weighted by Crippen LogP contribution is -2.40. The third-order valence-corrected chi connectivity index (χ3v) is 3.86. The fourth-order valence-corrected chi connectivity index (χ4v) is 2.31. The number of ether oxygens (including phenoxy) is 1. The zero-order chi connectivity index (χ0) is 21.6. The third-order valence-electron chi connectivity index (χ3n) is 3.57. The SMILES string of the molecule is C[C@H](NC(=O)c1cccc([N+](=O)[O-])c1)C(=O)OCC(=O)Nc1ccc(F)c(Cl)c1. The largest absolute Gasteiger partial charge is 0.454 e. The highest BCUT2D eigenvalue weighted by Crippen LogP contribution is 2.19. The second kappa shape index (κ2) is 9.60. The summed E-state index contributed by atoms with van der Waals surface area (Å²) in [6.07, 6.45) is 0. The summed E-state index contributed by atoms with van der Waals surface area (Å²) >= 11 is 5.60. The highest BCUT2D eigenvalue weighted by molar-refractivity contribution is 6.31. The van der Waals surface area contributed by atoms with E-state index >= 15 is 0 Å². The van der Waals surface area contributed by atoms with Gasteiger partial charge in [0.2, 0.25) is 0 Å². The van der Waals surface area contributed by atoms with Crippen LogP contribution >= 0.6 is 11.6 Å². The average Bonchev–Trinajstić information content (AvgIpc) is 2.68. The van der Waals surface area contributed by atoms with Gasteiger partial charge in [-0.15, -0.1) is 0 Å². The first-order chi connectivity index (χ1) is 13.7. The first-order valence-corrected chi connectivity index (χ1v) is 8.52. The molecule has 0 aliphatic heterocycles. The molecular weight excluding hydrogens is 409 g/mol. The van der Waals surface area contributed by atoms with E-state index in [2.05, 4.69) is 10.6 Å². The molecule has 0 unspecified atom stereocenters. The fraction of sp³-hybridized carbons (Fsp3) is 0.167. The molecule has 0 radical (unpaired) electrons. The quantitative estimate of drug-likeness (QED) is 0.400. The average molecular weight is 424 g/mol. The number of nitro groups is 1. The molecular formula is C18H15ClFN3O6. The van der Waals surface area contributed by atoms with Gasteiger partial charge in [0.15, 0.2) is 6.61 Å². The number of halogens is 2. The van der Waals surface area contributed by atoms with E-state index in [1.807, 2.05) is 0 Å². The predicted molar refractivity (Wildman–Crippen MR) is 101 cm³/mol. The van der Waals surface area contributed by atoms with Gasteiger partial charge in [-0.2, -0.15) is 0 Å². The van der Waals surface area contributed by atoms with Crippen LogP contribution in [0.2, 0.25) is 5.02 Å². The molecule has 2 aromatic rings. The summed E-state index contributed by atoms with van der Waals surface area (Å²) in [4.78, 5) is 46.0. The van der Waals surface area contributed by atoms with Crippen LogP contribution in [0.3, 0.4) is 0 Å². The molecule has 2 amide bonds. The van der Waals surface area contributed by atoms with E-state index in [0.717, 1.165) is 12.1 Å². The molecule has 1 atom stereocenters. The minimum atomic E-state index is -1.12. The van der Waals surface area contributed by atoms with Gasteiger partial charge in [-0.1, -0.05) is 17.7 Å². The van der Waals surface area contributed by atoms with Gasteiger partial charge in [-0.3, -0.25) is 19.7 Å². The van der Waals surface area contributed by atoms with E-state index in [4.69, 9.17) is 16.3 Å². The van der Waals surface area contributed by atoms with Crippen molar-refractivity contribution in [3.05, 3.63) is 69.0 Å². The van der Waals surface area contributed by atoms with Crippen molar-refractivity contribution in [3.8, 4) is 0 Å². The number of nitrogens with zero attached hydrogens (tertiary/aromatic N) is 1. The van der Waals surface area contributed by atoms with Crippen molar-refractivity contribution in [1.82, 2.24) is 5.32 Å². The Morgan fingerprint density at radius 1 is 1.24 bits per heavy atom. The second-order valence-corrected chi connectivity index (χ2v) is 6.19. The molecule has 152 valence electrons. The lowest BCUT2D eigenvalue weighted by molar-refractivity contribution is -0.384. The van der Waals surface area contributed by atoms with Crippen molar-refractivity contribution in [2.24, 2.45) is 0 Å². The van der Waals surface area contributed by atoms with Crippen LogP contribution in [-0.4, -0.2) is 35.4 Å². The first-order valence-electron chi connectivity index (χ1n) is 8.14. The number of esters is 1. The maximum atomic E-state index is 13.1. The topological polar surface area (TPSA) is 128 Å². The summed E-state index contributed by atoms with van der Waals surface area (Å²) < 4.78 is 17.9. The highest BCUT2D eigenvalue weighted by atomic mass is 35.5. The number of carbonyl (C=O) groups excluding carboxylic acids is 3. The van der Waals surface area contributed by atoms with E-state index in [1.165, 1.54) is 37.3 Å². The zero-order valence-electron chi connectivity index (χ0n) is 15.0. The number of nitro benzene ring substituents is 1. The maximum absolute atomic E-state index is 13.1. The second-order valence-electron chi connectivity index (χ2n) is 5.79. The molecule has 2 rings (SSSR count). The number of hydrogen-bond donors (Lipinski definition) is 2. The molecule has 0 bridgehead atoms. The fourth-order valence-electron chi connectivity index (χ4n) is 2.13. The molecule has 0 saturated carbocycles. The third kappa shape index (κ3) is 6.25. The molecule has 2 aromatic carbocycles. The van der Waals surface area contributed by atoms with Gasteiger partial charge >= 0.3 is 5.97 Å². The van der Waals surface area contributed by atoms with E-state index < -0.39 is 41.2 Å². The van der Waals surface area contributed by atoms with Gasteiger partial charge in [-0.05, 0) is 31.2 Å². The predicted octanol–water partition coefficient (Wildman–Crippen LogP) is 2.69. The summed E-state index contributed by atoms with van der Waals surface area (Å²) in [5, 5.41) is 15.3. The Hall–Kier alpha value is -3.53. The van der Waals surface area contributed by atoms with Crippen LogP contribution in [0.1, 0.15) is 17.3 Å². The molecule has 0 aliphatic carbocycles. The van der Waals surface area contributed by atoms with E-state index in [1.54, 1.807) is 0 Å². The summed E-state index contributed by atoms with van der Waals surface area (Å²) in [6, 6.07) is 7.39. The molecule has 0 fully saturated rings. The van der Waals surface area contributed by atoms with Crippen molar-refractivity contribution >= 4 is 40.8 Å². The van der Waals surface area contributed by atoms with E-state index in [0.29, 0.717) is 0 Å². The van der Waals surface area contributed by atoms with Crippen LogP contribution in [0.5, 0.6) is 0 Å². The van der Waals surface area contributed by atoms with Crippen LogP contribution < -0.4 is 10.6 Å². The van der Waals surface area contributed by atoms with Crippen LogP contribution in [0, 0.1) is 15.9 Å². The number of non-ortho nitro benzene ring substituents is 1. The van der Waals surface area contributed by atoms with Crippen molar-refractivity contribution < 1.29 is 28.4 Å². The molecule has 0 saturated heterocycles. The molecule has 11 heteroatoms. The van der Waals surface area contributed by atoms with Crippen LogP contribution in [0.4, 0.5) is 15.8 Å². The molecule has 2 N–H and O–H groups in total. The Bertz CT molecular complexity index is 968. The zero-order valence-corrected chi connectivity index (χ0v) is 15.7. The van der Waals surface area contributed by atoms with Crippen molar-refractivity contribution in [2.45, 2.75) is 13.0 Å². The summed E-state index contributed by atoms with van der Waals surface area (Å²) in [5.74, 6) is -2.96. The van der Waals surface area contributed by atoms with Crippen LogP contribution in [0.15, 0.2) is 42.5 Å². The van der Waals surface area contributed by atoms with E-state index in [-0.39, 0.29) is 22.0 Å². The Morgan fingerprint density at radius 2 is 1.97 bits per heavy atom. The highest BCUT2D eigenvalue weighted by Gasteiger charge is 2.20. The van der Waals surface area contributed by atoms with Crippen molar-refractivity contribution in [3.63, 3.8) is 0 Å². The van der Waals surface area contributed by atoms with Gasteiger partial charge in [0.05, 0.1) is 9.95 Å². The molecule has 0 aliphatic rings. The lowest BCUT2D eigenvalue weighted by Gasteiger charge is -2.13. The monoisotopic (exact) mass is 423 g/mol. The van der Waals surface area contributed by atoms with Crippen molar-refractivity contribution in [1.29, 1.82) is 0 Å². The first kappa shape index (κ1) is 21.8. The van der Waals surface area contributed by atoms with E-state index in [9.17, 15) is 28.9 Å². The molecule has 0 spiro atoms. The Labute approximate surface area is 168 Å². The maximum Gasteiger partial charge on any atom is 0.328 e. The van der Waals surface area contributed by atoms with Crippen LogP contribution in [0.25, 0.3) is 0 Å². The standard InChI is InChI=1S/C18H15ClFN3O6/c1-10(21-17(25)11-3-2-4-13(7-11)23(27)28)18(26)29-9-16(24)22-12-5-6-15(20)14(19)8-12/h2-8,10H,9H2,1H3,(H,21,25)(H,22,24)/t10-/m0/s1. The lowest BCUT2D eigenvalue weighted by atomic mass is 10.2. The van der Waals surface area contributed by atoms with Crippen LogP contribution in [-0.2, 0) is 14.3 Å². The summed E-state index contributed by atoms with van der Waals surface area (Å²) in [6.45, 7) is 0.681. The molecule has 29 heavy (non-hydrogen) atoms. The number of anilines is 1.